The molecule has 1 aromatic rings. The molecule has 5 heteroatoms. The summed E-state index contributed by atoms with van der Waals surface area (Å²) in [5.74, 6) is -0.135. The van der Waals surface area contributed by atoms with Gasteiger partial charge in [0.25, 0.3) is 0 Å². The molecule has 68 valence electrons. The van der Waals surface area contributed by atoms with Gasteiger partial charge in [-0.15, -0.1) is 0 Å². The molecule has 1 heterocycles. The van der Waals surface area contributed by atoms with Gasteiger partial charge in [-0.2, -0.15) is 8.78 Å². The fraction of sp³-hybridized carbons (Fsp3) is 0.250. The van der Waals surface area contributed by atoms with E-state index >= 15 is 0 Å². The lowest BCUT2D eigenvalue weighted by atomic mass is 10.3. The Morgan fingerprint density at radius 2 is 2.31 bits per heavy atom. The highest BCUT2D eigenvalue weighted by atomic mass is 19.3. The molecular weight excluding hydrogens is 178 g/mol. The minimum absolute atomic E-state index is 0.135. The average molecular weight is 184 g/mol. The van der Waals surface area contributed by atoms with Crippen LogP contribution in [-0.2, 0) is 6.54 Å². The summed E-state index contributed by atoms with van der Waals surface area (Å²) in [4.78, 5) is 6.71. The van der Waals surface area contributed by atoms with Crippen molar-refractivity contribution in [2.45, 2.75) is 13.2 Å². The number of rotatable bonds is 3. The lowest BCUT2D eigenvalue weighted by Gasteiger charge is -2.01. The second kappa shape index (κ2) is 4.36. The Hall–Kier alpha value is -1.70. The highest BCUT2D eigenvalue weighted by Crippen LogP contribution is 2.11. The maximum Gasteiger partial charge on any atom is 0.388 e. The third-order valence-corrected chi connectivity index (χ3v) is 1.27. The number of alkyl halides is 2. The summed E-state index contributed by atoms with van der Waals surface area (Å²) in [5.41, 5.74) is 0.677. The number of ether oxygens (including phenoxy) is 1. The number of aromatic nitrogens is 1. The molecule has 0 atom stereocenters. The Balaban J connectivity index is 2.65. The van der Waals surface area contributed by atoms with Gasteiger partial charge in [0.2, 0.25) is 12.4 Å². The van der Waals surface area contributed by atoms with Crippen LogP contribution in [0.15, 0.2) is 18.3 Å². The predicted molar refractivity (Wildman–Crippen MR) is 41.2 cm³/mol. The van der Waals surface area contributed by atoms with Crippen LogP contribution in [0.4, 0.5) is 8.78 Å². The fourth-order valence-corrected chi connectivity index (χ4v) is 0.757. The Bertz CT molecular complexity index is 305. The van der Waals surface area contributed by atoms with Crippen LogP contribution in [0.2, 0.25) is 0 Å². The summed E-state index contributed by atoms with van der Waals surface area (Å²) in [6, 6.07) is 2.84. The van der Waals surface area contributed by atoms with Crippen molar-refractivity contribution in [3.63, 3.8) is 0 Å². The molecule has 0 aromatic carbocycles. The van der Waals surface area contributed by atoms with Gasteiger partial charge in [0.1, 0.15) is 0 Å². The molecule has 0 amide bonds. The minimum atomic E-state index is -2.86. The van der Waals surface area contributed by atoms with Crippen molar-refractivity contribution in [1.82, 2.24) is 4.98 Å². The summed E-state index contributed by atoms with van der Waals surface area (Å²) in [6.45, 7) is 3.89. The lowest BCUT2D eigenvalue weighted by Crippen LogP contribution is -2.03. The molecule has 1 rings (SSSR count). The summed E-state index contributed by atoms with van der Waals surface area (Å²) in [5, 5.41) is 0. The second-order valence-corrected chi connectivity index (χ2v) is 2.20. The highest BCUT2D eigenvalue weighted by molar-refractivity contribution is 5.18. The SMILES string of the molecule is [C-]#[N+]Cc1ccc(OC(F)F)nc1. The van der Waals surface area contributed by atoms with Crippen molar-refractivity contribution in [3.8, 4) is 5.88 Å². The highest BCUT2D eigenvalue weighted by Gasteiger charge is 2.05. The van der Waals surface area contributed by atoms with E-state index in [-0.39, 0.29) is 12.4 Å². The molecule has 3 nitrogen and oxygen atoms in total. The first-order chi connectivity index (χ1) is 6.22. The first kappa shape index (κ1) is 9.39. The van der Waals surface area contributed by atoms with E-state index in [4.69, 9.17) is 6.57 Å². The van der Waals surface area contributed by atoms with Crippen molar-refractivity contribution in [1.29, 1.82) is 0 Å². The number of nitrogens with zero attached hydrogens (tertiary/aromatic N) is 2. The molecule has 0 fully saturated rings. The molecule has 0 spiro atoms. The monoisotopic (exact) mass is 184 g/mol. The van der Waals surface area contributed by atoms with Crippen molar-refractivity contribution in [3.05, 3.63) is 35.3 Å². The van der Waals surface area contributed by atoms with Gasteiger partial charge in [-0.05, 0) is 6.07 Å². The normalized spacial score (nSPS) is 9.69. The average Bonchev–Trinajstić information content (AvgIpc) is 2.08. The molecular formula is C8H6F2N2O. The van der Waals surface area contributed by atoms with E-state index in [1.807, 2.05) is 0 Å². The minimum Gasteiger partial charge on any atom is -0.417 e. The van der Waals surface area contributed by atoms with Gasteiger partial charge in [0.15, 0.2) is 0 Å². The van der Waals surface area contributed by atoms with Gasteiger partial charge in [0.05, 0.1) is 0 Å². The Morgan fingerprint density at radius 1 is 1.54 bits per heavy atom. The number of pyridine rings is 1. The predicted octanol–water partition coefficient (Wildman–Crippen LogP) is 2.10. The molecule has 13 heavy (non-hydrogen) atoms. The number of hydrogen-bond acceptors (Lipinski definition) is 2. The quantitative estimate of drug-likeness (QED) is 0.672. The summed E-state index contributed by atoms with van der Waals surface area (Å²) >= 11 is 0. The third kappa shape index (κ3) is 3.03. The van der Waals surface area contributed by atoms with Gasteiger partial charge in [-0.1, -0.05) is 0 Å². The summed E-state index contributed by atoms with van der Waals surface area (Å²) in [7, 11) is 0. The smallest absolute Gasteiger partial charge is 0.388 e. The van der Waals surface area contributed by atoms with Crippen LogP contribution in [0, 0.1) is 6.57 Å². The van der Waals surface area contributed by atoms with Crippen LogP contribution in [0.1, 0.15) is 5.56 Å². The van der Waals surface area contributed by atoms with E-state index in [0.29, 0.717) is 5.56 Å². The third-order valence-electron chi connectivity index (χ3n) is 1.27. The van der Waals surface area contributed by atoms with Crippen molar-refractivity contribution in [2.75, 3.05) is 0 Å². The molecule has 0 saturated carbocycles. The molecule has 0 radical (unpaired) electrons. The Morgan fingerprint density at radius 3 is 2.77 bits per heavy atom. The second-order valence-electron chi connectivity index (χ2n) is 2.20. The van der Waals surface area contributed by atoms with Crippen molar-refractivity contribution < 1.29 is 13.5 Å². The Kier molecular flexibility index (Phi) is 3.15. The van der Waals surface area contributed by atoms with Gasteiger partial charge < -0.3 is 9.58 Å². The summed E-state index contributed by atoms with van der Waals surface area (Å²) < 4.78 is 27.3. The fourth-order valence-electron chi connectivity index (χ4n) is 0.757. The van der Waals surface area contributed by atoms with E-state index in [9.17, 15) is 8.78 Å². The number of halogens is 2. The van der Waals surface area contributed by atoms with Gasteiger partial charge in [0, 0.05) is 17.8 Å². The molecule has 1 aromatic heterocycles. The standard InChI is InChI=1S/C8H6F2N2O/c1-11-4-6-2-3-7(12-5-6)13-8(9)10/h2-3,5,8H,4H2. The lowest BCUT2D eigenvalue weighted by molar-refractivity contribution is -0.0528. The summed E-state index contributed by atoms with van der Waals surface area (Å²) in [6.07, 6.45) is 1.34. The van der Waals surface area contributed by atoms with Crippen LogP contribution in [0.25, 0.3) is 4.85 Å². The molecule has 0 saturated heterocycles. The van der Waals surface area contributed by atoms with Gasteiger partial charge in [-0.3, -0.25) is 0 Å². The van der Waals surface area contributed by atoms with E-state index in [0.717, 1.165) is 0 Å². The van der Waals surface area contributed by atoms with E-state index in [1.54, 1.807) is 0 Å². The molecule has 0 N–H and O–H groups in total. The van der Waals surface area contributed by atoms with Crippen LogP contribution in [0.3, 0.4) is 0 Å². The zero-order valence-corrected chi connectivity index (χ0v) is 6.58. The van der Waals surface area contributed by atoms with Crippen molar-refractivity contribution >= 4 is 0 Å². The van der Waals surface area contributed by atoms with E-state index < -0.39 is 6.61 Å². The molecule has 0 unspecified atom stereocenters. The van der Waals surface area contributed by atoms with E-state index in [2.05, 4.69) is 14.6 Å². The van der Waals surface area contributed by atoms with E-state index in [1.165, 1.54) is 18.3 Å². The maximum atomic E-state index is 11.7. The van der Waals surface area contributed by atoms with Gasteiger partial charge >= 0.3 is 6.61 Å². The maximum absolute atomic E-state index is 11.7. The molecule has 0 aliphatic carbocycles. The van der Waals surface area contributed by atoms with Crippen LogP contribution < -0.4 is 4.74 Å². The van der Waals surface area contributed by atoms with Gasteiger partial charge in [-0.25, -0.2) is 11.6 Å². The first-order valence-electron chi connectivity index (χ1n) is 3.45. The van der Waals surface area contributed by atoms with Crippen LogP contribution in [-0.4, -0.2) is 11.6 Å². The topological polar surface area (TPSA) is 26.5 Å². The first-order valence-corrected chi connectivity index (χ1v) is 3.45. The molecule has 0 aliphatic rings. The largest absolute Gasteiger partial charge is 0.417 e. The molecule has 0 bridgehead atoms. The van der Waals surface area contributed by atoms with Crippen molar-refractivity contribution in [2.24, 2.45) is 0 Å². The Labute approximate surface area is 73.8 Å². The molecule has 0 aliphatic heterocycles. The zero-order valence-electron chi connectivity index (χ0n) is 6.58. The van der Waals surface area contributed by atoms with Crippen LogP contribution >= 0.6 is 0 Å². The number of hydrogen-bond donors (Lipinski definition) is 0. The zero-order chi connectivity index (χ0) is 9.68. The van der Waals surface area contributed by atoms with Crippen LogP contribution in [0.5, 0.6) is 5.88 Å².